The van der Waals surface area contributed by atoms with Gasteiger partial charge in [0.05, 0.1) is 25.4 Å². The minimum absolute atomic E-state index is 0.0503. The molecule has 0 unspecified atom stereocenters. The van der Waals surface area contributed by atoms with Gasteiger partial charge in [0.25, 0.3) is 0 Å². The van der Waals surface area contributed by atoms with E-state index < -0.39 is 0 Å². The van der Waals surface area contributed by atoms with Gasteiger partial charge in [0.2, 0.25) is 0 Å². The SMILES string of the molecule is OCC(CO)N[C@@H]1CCC[C@H]1O. The van der Waals surface area contributed by atoms with Crippen LogP contribution in [0.5, 0.6) is 0 Å². The van der Waals surface area contributed by atoms with Crippen LogP contribution in [0.1, 0.15) is 19.3 Å². The highest BCUT2D eigenvalue weighted by Gasteiger charge is 2.26. The van der Waals surface area contributed by atoms with Gasteiger partial charge in [0.15, 0.2) is 0 Å². The Balaban J connectivity index is 2.28. The summed E-state index contributed by atoms with van der Waals surface area (Å²) in [6.45, 7) is -0.167. The molecule has 1 saturated carbocycles. The minimum Gasteiger partial charge on any atom is -0.395 e. The molecule has 0 aliphatic heterocycles. The first kappa shape index (κ1) is 9.92. The summed E-state index contributed by atoms with van der Waals surface area (Å²) in [5.74, 6) is 0. The molecule has 0 aromatic heterocycles. The normalized spacial score (nSPS) is 30.0. The van der Waals surface area contributed by atoms with Crippen molar-refractivity contribution in [2.75, 3.05) is 13.2 Å². The van der Waals surface area contributed by atoms with Crippen molar-refractivity contribution in [3.63, 3.8) is 0 Å². The van der Waals surface area contributed by atoms with Crippen molar-refractivity contribution in [3.8, 4) is 0 Å². The van der Waals surface area contributed by atoms with Gasteiger partial charge >= 0.3 is 0 Å². The molecule has 1 aliphatic carbocycles. The zero-order valence-corrected chi connectivity index (χ0v) is 7.11. The quantitative estimate of drug-likeness (QED) is 0.435. The van der Waals surface area contributed by atoms with Gasteiger partial charge in [0, 0.05) is 6.04 Å². The fourth-order valence-electron chi connectivity index (χ4n) is 1.60. The van der Waals surface area contributed by atoms with E-state index in [0.29, 0.717) is 0 Å². The monoisotopic (exact) mass is 175 g/mol. The fraction of sp³-hybridized carbons (Fsp3) is 1.00. The molecule has 0 radical (unpaired) electrons. The molecule has 0 bridgehead atoms. The van der Waals surface area contributed by atoms with Crippen molar-refractivity contribution in [3.05, 3.63) is 0 Å². The summed E-state index contributed by atoms with van der Waals surface area (Å²) >= 11 is 0. The van der Waals surface area contributed by atoms with Crippen molar-refractivity contribution in [1.29, 1.82) is 0 Å². The molecule has 0 spiro atoms. The predicted octanol–water partition coefficient (Wildman–Crippen LogP) is -1.16. The van der Waals surface area contributed by atoms with Crippen LogP contribution in [0, 0.1) is 0 Å². The van der Waals surface area contributed by atoms with Crippen molar-refractivity contribution in [1.82, 2.24) is 5.32 Å². The second kappa shape index (κ2) is 4.77. The zero-order valence-electron chi connectivity index (χ0n) is 7.11. The van der Waals surface area contributed by atoms with Crippen LogP contribution < -0.4 is 5.32 Å². The summed E-state index contributed by atoms with van der Waals surface area (Å²) < 4.78 is 0. The number of aliphatic hydroxyl groups excluding tert-OH is 3. The van der Waals surface area contributed by atoms with Gasteiger partial charge in [0.1, 0.15) is 0 Å². The van der Waals surface area contributed by atoms with Crippen molar-refractivity contribution in [2.45, 2.75) is 37.5 Å². The van der Waals surface area contributed by atoms with Crippen LogP contribution in [-0.2, 0) is 0 Å². The Bertz CT molecular complexity index is 127. The van der Waals surface area contributed by atoms with E-state index in [9.17, 15) is 5.11 Å². The molecule has 4 N–H and O–H groups in total. The Hall–Kier alpha value is -0.160. The second-order valence-corrected chi connectivity index (χ2v) is 3.33. The molecule has 1 rings (SSSR count). The van der Waals surface area contributed by atoms with Gasteiger partial charge in [-0.3, -0.25) is 0 Å². The maximum atomic E-state index is 9.40. The maximum absolute atomic E-state index is 9.40. The summed E-state index contributed by atoms with van der Waals surface area (Å²) in [4.78, 5) is 0. The van der Waals surface area contributed by atoms with Gasteiger partial charge < -0.3 is 20.6 Å². The Kier molecular flexibility index (Phi) is 3.94. The predicted molar refractivity (Wildman–Crippen MR) is 44.7 cm³/mol. The second-order valence-electron chi connectivity index (χ2n) is 3.33. The van der Waals surface area contributed by atoms with Gasteiger partial charge in [-0.05, 0) is 19.3 Å². The van der Waals surface area contributed by atoms with Gasteiger partial charge in [-0.1, -0.05) is 0 Å². The maximum Gasteiger partial charge on any atom is 0.0693 e. The lowest BCUT2D eigenvalue weighted by Crippen LogP contribution is -2.46. The molecule has 72 valence electrons. The third-order valence-electron chi connectivity index (χ3n) is 2.37. The van der Waals surface area contributed by atoms with Gasteiger partial charge in [-0.25, -0.2) is 0 Å². The Morgan fingerprint density at radius 2 is 1.92 bits per heavy atom. The summed E-state index contributed by atoms with van der Waals surface area (Å²) in [5, 5.41) is 30.0. The smallest absolute Gasteiger partial charge is 0.0693 e. The van der Waals surface area contributed by atoms with Crippen LogP contribution in [0.15, 0.2) is 0 Å². The largest absolute Gasteiger partial charge is 0.395 e. The Morgan fingerprint density at radius 3 is 2.33 bits per heavy atom. The standard InChI is InChI=1S/C8H17NO3/c10-4-6(5-11)9-7-2-1-3-8(7)12/h6-12H,1-5H2/t7-,8-/m1/s1. The first-order chi connectivity index (χ1) is 5.77. The Labute approximate surface area is 72.2 Å². The van der Waals surface area contributed by atoms with E-state index in [1.54, 1.807) is 0 Å². The van der Waals surface area contributed by atoms with E-state index in [2.05, 4.69) is 5.32 Å². The van der Waals surface area contributed by atoms with Crippen molar-refractivity contribution in [2.24, 2.45) is 0 Å². The highest BCUT2D eigenvalue weighted by molar-refractivity contribution is 4.85. The molecule has 1 aliphatic rings. The first-order valence-electron chi connectivity index (χ1n) is 4.43. The Morgan fingerprint density at radius 1 is 1.25 bits per heavy atom. The van der Waals surface area contributed by atoms with Crippen LogP contribution >= 0.6 is 0 Å². The number of nitrogens with one attached hydrogen (secondary N) is 1. The summed E-state index contributed by atoms with van der Waals surface area (Å²) in [7, 11) is 0. The third-order valence-corrected chi connectivity index (χ3v) is 2.37. The molecule has 12 heavy (non-hydrogen) atoms. The molecule has 1 fully saturated rings. The minimum atomic E-state index is -0.314. The molecule has 0 aromatic carbocycles. The number of hydrogen-bond acceptors (Lipinski definition) is 4. The lowest BCUT2D eigenvalue weighted by molar-refractivity contribution is 0.113. The molecule has 0 amide bonds. The van der Waals surface area contributed by atoms with E-state index in [-0.39, 0.29) is 31.4 Å². The van der Waals surface area contributed by atoms with Crippen LogP contribution in [0.25, 0.3) is 0 Å². The average molecular weight is 175 g/mol. The molecule has 0 aromatic rings. The highest BCUT2D eigenvalue weighted by Crippen LogP contribution is 2.18. The van der Waals surface area contributed by atoms with E-state index >= 15 is 0 Å². The van der Waals surface area contributed by atoms with Crippen LogP contribution in [0.3, 0.4) is 0 Å². The van der Waals surface area contributed by atoms with Gasteiger partial charge in [-0.15, -0.1) is 0 Å². The van der Waals surface area contributed by atoms with Gasteiger partial charge in [-0.2, -0.15) is 0 Å². The molecule has 4 heteroatoms. The molecule has 0 heterocycles. The fourth-order valence-corrected chi connectivity index (χ4v) is 1.60. The zero-order chi connectivity index (χ0) is 8.97. The average Bonchev–Trinajstić information content (AvgIpc) is 2.47. The summed E-state index contributed by atoms with van der Waals surface area (Å²) in [5.41, 5.74) is 0. The summed E-state index contributed by atoms with van der Waals surface area (Å²) in [6, 6.07) is -0.239. The first-order valence-corrected chi connectivity index (χ1v) is 4.43. The van der Waals surface area contributed by atoms with E-state index in [0.717, 1.165) is 19.3 Å². The van der Waals surface area contributed by atoms with Crippen molar-refractivity contribution >= 4 is 0 Å². The van der Waals surface area contributed by atoms with E-state index in [4.69, 9.17) is 10.2 Å². The number of rotatable bonds is 4. The summed E-state index contributed by atoms with van der Waals surface area (Å²) in [6.07, 6.45) is 2.45. The lowest BCUT2D eigenvalue weighted by atomic mass is 10.2. The number of aliphatic hydroxyl groups is 3. The van der Waals surface area contributed by atoms with Crippen LogP contribution in [0.4, 0.5) is 0 Å². The van der Waals surface area contributed by atoms with Crippen LogP contribution in [0.2, 0.25) is 0 Å². The topological polar surface area (TPSA) is 72.7 Å². The van der Waals surface area contributed by atoms with E-state index in [1.165, 1.54) is 0 Å². The molecular weight excluding hydrogens is 158 g/mol. The van der Waals surface area contributed by atoms with E-state index in [1.807, 2.05) is 0 Å². The lowest BCUT2D eigenvalue weighted by Gasteiger charge is -2.21. The highest BCUT2D eigenvalue weighted by atomic mass is 16.3. The molecule has 2 atom stereocenters. The molecular formula is C8H17NO3. The van der Waals surface area contributed by atoms with Crippen LogP contribution in [-0.4, -0.2) is 46.7 Å². The van der Waals surface area contributed by atoms with Crippen molar-refractivity contribution < 1.29 is 15.3 Å². The number of hydrogen-bond donors (Lipinski definition) is 4. The third kappa shape index (κ3) is 2.42. The molecule has 0 saturated heterocycles. The molecule has 4 nitrogen and oxygen atoms in total.